The third-order valence-corrected chi connectivity index (χ3v) is 4.66. The van der Waals surface area contributed by atoms with Gasteiger partial charge >= 0.3 is 5.97 Å². The van der Waals surface area contributed by atoms with Crippen LogP contribution in [-0.2, 0) is 9.59 Å². The average molecular weight is 473 g/mol. The lowest BCUT2D eigenvalue weighted by atomic mass is 10.1. The Morgan fingerprint density at radius 1 is 1.27 bits per heavy atom. The van der Waals surface area contributed by atoms with Gasteiger partial charge in [0.15, 0.2) is 0 Å². The van der Waals surface area contributed by atoms with Crippen LogP contribution in [0.5, 0.6) is 0 Å². The highest BCUT2D eigenvalue weighted by molar-refractivity contribution is 7.11. The molecule has 0 saturated carbocycles. The van der Waals surface area contributed by atoms with Gasteiger partial charge in [-0.2, -0.15) is 0 Å². The van der Waals surface area contributed by atoms with E-state index in [4.69, 9.17) is 4.79 Å². The Morgan fingerprint density at radius 2 is 1.85 bits per heavy atom. The van der Waals surface area contributed by atoms with Crippen LogP contribution in [0.3, 0.4) is 0 Å². The Balaban J connectivity index is 0. The molecule has 2 aromatic heterocycles. The smallest absolute Gasteiger partial charge is 0.335 e. The van der Waals surface area contributed by atoms with Crippen LogP contribution in [0.4, 0.5) is 0 Å². The van der Waals surface area contributed by atoms with Crippen LogP contribution in [-0.4, -0.2) is 27.3 Å². The van der Waals surface area contributed by atoms with Crippen LogP contribution in [0.2, 0.25) is 0 Å². The highest BCUT2D eigenvalue weighted by Gasteiger charge is 2.13. The third-order valence-electron chi connectivity index (χ3n) is 3.69. The first-order valence-corrected chi connectivity index (χ1v) is 12.1. The second-order valence-corrected chi connectivity index (χ2v) is 7.37. The van der Waals surface area contributed by atoms with Gasteiger partial charge < -0.3 is 14.9 Å². The zero-order valence-electron chi connectivity index (χ0n) is 21.4. The number of carboxylic acid groups (broad SMARTS) is 1. The van der Waals surface area contributed by atoms with E-state index in [1.807, 2.05) is 58.3 Å². The highest BCUT2D eigenvalue weighted by Crippen LogP contribution is 2.31. The average Bonchev–Trinajstić information content (AvgIpc) is 3.41. The highest BCUT2D eigenvalue weighted by atomic mass is 32.1. The second kappa shape index (κ2) is 19.7. The van der Waals surface area contributed by atoms with E-state index < -0.39 is 5.97 Å². The zero-order chi connectivity index (χ0) is 25.8. The Bertz CT molecular complexity index is 931. The maximum Gasteiger partial charge on any atom is 0.335 e. The van der Waals surface area contributed by atoms with Crippen LogP contribution >= 0.6 is 11.3 Å². The molecule has 0 radical (unpaired) electrons. The van der Waals surface area contributed by atoms with Crippen LogP contribution in [0.15, 0.2) is 48.0 Å². The molecule has 0 aliphatic carbocycles. The van der Waals surface area contributed by atoms with Gasteiger partial charge in [0.25, 0.3) is 0 Å². The number of rotatable bonds is 7. The van der Waals surface area contributed by atoms with Crippen LogP contribution in [0, 0.1) is 6.92 Å². The number of hydrogen-bond donors (Lipinski definition) is 2. The number of allylic oxidation sites excluding steroid dienone is 4. The zero-order valence-corrected chi connectivity index (χ0v) is 22.2. The Morgan fingerprint density at radius 3 is 2.33 bits per heavy atom. The molecule has 0 bridgehead atoms. The summed E-state index contributed by atoms with van der Waals surface area (Å²) in [5.74, 6) is -0.920. The van der Waals surface area contributed by atoms with E-state index in [2.05, 4.69) is 30.4 Å². The number of aliphatic carboxylic acids is 1. The summed E-state index contributed by atoms with van der Waals surface area (Å²) in [6.45, 7) is 19.2. The van der Waals surface area contributed by atoms with Gasteiger partial charge in [-0.05, 0) is 38.8 Å². The van der Waals surface area contributed by atoms with Crippen molar-refractivity contribution in [3.8, 4) is 11.3 Å². The van der Waals surface area contributed by atoms with Crippen molar-refractivity contribution in [1.29, 1.82) is 0 Å². The number of thiazole rings is 1. The lowest BCUT2D eigenvalue weighted by Gasteiger charge is -1.99. The number of nitrogens with zero attached hydrogens (tertiary/aromatic N) is 1. The minimum Gasteiger partial charge on any atom is -0.478 e. The molecule has 2 rings (SSSR count). The van der Waals surface area contributed by atoms with E-state index in [0.29, 0.717) is 12.0 Å². The first-order valence-electron chi connectivity index (χ1n) is 11.3. The van der Waals surface area contributed by atoms with Crippen LogP contribution < -0.4 is 0 Å². The standard InChI is InChI=1S/C20H22N2O2S.C3H8.C2H4O.C2H6/c1-5-7-9-16-14(4)21-11-17(16)18-12-25-19(22-18)13(3)10-15(8-6-2)20(23)24;1-3-2;1-2-3;1-2/h5,7-12,21H,1,6H2,2-4H3,(H,23,24);3H2,1-2H3;2H,1H3;1-2H3/b9-7-,13-10+,15-8+;;;. The van der Waals surface area contributed by atoms with E-state index in [9.17, 15) is 9.90 Å². The van der Waals surface area contributed by atoms with Crippen molar-refractivity contribution in [3.63, 3.8) is 0 Å². The molecule has 0 aromatic carbocycles. The van der Waals surface area contributed by atoms with Crippen LogP contribution in [0.25, 0.3) is 22.9 Å². The molecule has 2 N–H and O–H groups in total. The number of carbonyl (C=O) groups excluding carboxylic acids is 1. The van der Waals surface area contributed by atoms with Crippen molar-refractivity contribution < 1.29 is 14.7 Å². The predicted molar refractivity (Wildman–Crippen MR) is 145 cm³/mol. The van der Waals surface area contributed by atoms with Gasteiger partial charge in [0.05, 0.1) is 11.3 Å². The normalized spacial score (nSPS) is 10.8. The quantitative estimate of drug-likeness (QED) is 0.242. The maximum atomic E-state index is 11.3. The number of aromatic amines is 1. The minimum absolute atomic E-state index is 0.295. The Kier molecular flexibility index (Phi) is 19.2. The maximum absolute atomic E-state index is 11.3. The number of nitrogens with one attached hydrogen (secondary N) is 1. The van der Waals surface area contributed by atoms with E-state index in [-0.39, 0.29) is 0 Å². The van der Waals surface area contributed by atoms with E-state index in [1.54, 1.807) is 18.2 Å². The SMILES string of the molecule is C=C/C=C\c1c(-c2csc(/C(C)=C/C(=C\CC)C(=O)O)n2)c[nH]c1C.CC.CC=O.CCC. The molecule has 33 heavy (non-hydrogen) atoms. The summed E-state index contributed by atoms with van der Waals surface area (Å²) in [7, 11) is 0. The van der Waals surface area contributed by atoms with Crippen molar-refractivity contribution >= 4 is 35.2 Å². The van der Waals surface area contributed by atoms with Crippen molar-refractivity contribution in [2.45, 2.75) is 68.2 Å². The van der Waals surface area contributed by atoms with Crippen LogP contribution in [0.1, 0.15) is 77.6 Å². The molecule has 0 aliphatic rings. The van der Waals surface area contributed by atoms with Crippen molar-refractivity contribution in [1.82, 2.24) is 9.97 Å². The van der Waals surface area contributed by atoms with Gasteiger partial charge in [-0.1, -0.05) is 71.9 Å². The molecule has 5 nitrogen and oxygen atoms in total. The van der Waals surface area contributed by atoms with Gasteiger partial charge in [0, 0.05) is 28.4 Å². The molecule has 0 spiro atoms. The summed E-state index contributed by atoms with van der Waals surface area (Å²) >= 11 is 1.51. The number of hydrogen-bond acceptors (Lipinski definition) is 4. The Labute approximate surface area is 203 Å². The Hall–Kier alpha value is -2.99. The summed E-state index contributed by atoms with van der Waals surface area (Å²) < 4.78 is 0. The minimum atomic E-state index is -0.920. The van der Waals surface area contributed by atoms with E-state index >= 15 is 0 Å². The fourth-order valence-corrected chi connectivity index (χ4v) is 3.23. The summed E-state index contributed by atoms with van der Waals surface area (Å²) in [6.07, 6.45) is 13.6. The number of carbonyl (C=O) groups is 2. The molecule has 6 heteroatoms. The number of aromatic nitrogens is 2. The molecule has 2 aromatic rings. The van der Waals surface area contributed by atoms with Gasteiger partial charge in [0.2, 0.25) is 0 Å². The number of H-pyrrole nitrogens is 1. The molecule has 0 amide bonds. The molecule has 0 atom stereocenters. The monoisotopic (exact) mass is 472 g/mol. The second-order valence-electron chi connectivity index (χ2n) is 6.52. The number of aldehydes is 1. The van der Waals surface area contributed by atoms with Gasteiger partial charge in [-0.25, -0.2) is 9.78 Å². The molecule has 182 valence electrons. The van der Waals surface area contributed by atoms with Crippen molar-refractivity contribution in [2.75, 3.05) is 0 Å². The molecular formula is C27H40N2O3S. The molecule has 0 saturated heterocycles. The number of carboxylic acids is 1. The van der Waals surface area contributed by atoms with Crippen molar-refractivity contribution in [3.05, 3.63) is 64.3 Å². The summed E-state index contributed by atoms with van der Waals surface area (Å²) in [6, 6.07) is 0. The van der Waals surface area contributed by atoms with E-state index in [1.165, 1.54) is 24.7 Å². The first-order chi connectivity index (χ1) is 15.8. The van der Waals surface area contributed by atoms with Gasteiger partial charge in [-0.15, -0.1) is 11.3 Å². The molecule has 2 heterocycles. The molecule has 0 aliphatic heterocycles. The number of aryl methyl sites for hydroxylation is 1. The lowest BCUT2D eigenvalue weighted by molar-refractivity contribution is -0.132. The fourth-order valence-electron chi connectivity index (χ4n) is 2.43. The summed E-state index contributed by atoms with van der Waals surface area (Å²) in [4.78, 5) is 28.0. The molecule has 0 unspecified atom stereocenters. The lowest BCUT2D eigenvalue weighted by Crippen LogP contribution is -1.98. The van der Waals surface area contributed by atoms with Gasteiger partial charge in [0.1, 0.15) is 11.3 Å². The largest absolute Gasteiger partial charge is 0.478 e. The predicted octanol–water partition coefficient (Wildman–Crippen LogP) is 8.12. The summed E-state index contributed by atoms with van der Waals surface area (Å²) in [5, 5.41) is 12.1. The van der Waals surface area contributed by atoms with E-state index in [0.717, 1.165) is 39.4 Å². The molecule has 0 fully saturated rings. The van der Waals surface area contributed by atoms with Crippen molar-refractivity contribution in [2.24, 2.45) is 0 Å². The molecular weight excluding hydrogens is 432 g/mol. The van der Waals surface area contributed by atoms with Gasteiger partial charge in [-0.3, -0.25) is 0 Å². The topological polar surface area (TPSA) is 83.0 Å². The fraction of sp³-hybridized carbons (Fsp3) is 0.370. The first kappa shape index (κ1) is 32.2. The third kappa shape index (κ3) is 12.0. The summed E-state index contributed by atoms with van der Waals surface area (Å²) in [5.41, 5.74) is 5.17.